The van der Waals surface area contributed by atoms with Gasteiger partial charge in [0.2, 0.25) is 5.91 Å². The van der Waals surface area contributed by atoms with Crippen LogP contribution in [0.15, 0.2) is 66.9 Å². The predicted octanol–water partition coefficient (Wildman–Crippen LogP) is 5.94. The van der Waals surface area contributed by atoms with E-state index in [2.05, 4.69) is 15.4 Å². The number of hydrogen-bond acceptors (Lipinski definition) is 6. The topological polar surface area (TPSA) is 132 Å². The molecule has 4 N–H and O–H groups in total. The number of amides is 2. The summed E-state index contributed by atoms with van der Waals surface area (Å²) in [5, 5.41) is 19.9. The summed E-state index contributed by atoms with van der Waals surface area (Å²) in [6.07, 6.45) is 3.87. The number of aliphatic hydroxyl groups is 1. The highest BCUT2D eigenvalue weighted by Gasteiger charge is 2.40. The molecule has 2 amide bonds. The molecule has 0 bridgehead atoms. The van der Waals surface area contributed by atoms with Crippen LogP contribution in [0.4, 0.5) is 13.2 Å². The lowest BCUT2D eigenvalue weighted by Gasteiger charge is -2.31. The van der Waals surface area contributed by atoms with Crippen LogP contribution >= 0.6 is 11.6 Å². The summed E-state index contributed by atoms with van der Waals surface area (Å²) in [5.41, 5.74) is 1.09. The highest BCUT2D eigenvalue weighted by molar-refractivity contribution is 6.31. The highest BCUT2D eigenvalue weighted by atomic mass is 35.5. The van der Waals surface area contributed by atoms with E-state index in [9.17, 15) is 19.1 Å². The van der Waals surface area contributed by atoms with Crippen molar-refractivity contribution in [2.75, 3.05) is 13.7 Å². The molecule has 2 aromatic heterocycles. The number of carbonyl (C=O) groups is 2. The van der Waals surface area contributed by atoms with Crippen molar-refractivity contribution in [1.82, 2.24) is 20.1 Å². The fourth-order valence-electron chi connectivity index (χ4n) is 5.51. The molecule has 13 heteroatoms. The van der Waals surface area contributed by atoms with Gasteiger partial charge in [0.25, 0.3) is 5.91 Å². The van der Waals surface area contributed by atoms with Crippen molar-refractivity contribution in [3.8, 4) is 17.0 Å². The lowest BCUT2D eigenvalue weighted by Crippen LogP contribution is -2.43. The lowest BCUT2D eigenvalue weighted by molar-refractivity contribution is -0.122. The smallest absolute Gasteiger partial charge is 0.251 e. The molecular weight excluding hydrogens is 647 g/mol. The summed E-state index contributed by atoms with van der Waals surface area (Å²) >= 11 is 5.94. The Hall–Kier alpha value is -4.94. The number of nitrogens with two attached hydrogens (primary N) is 1. The predicted molar refractivity (Wildman–Crippen MR) is 173 cm³/mol. The Morgan fingerprint density at radius 1 is 1.08 bits per heavy atom. The van der Waals surface area contributed by atoms with E-state index in [0.717, 1.165) is 25.0 Å². The van der Waals surface area contributed by atoms with Gasteiger partial charge >= 0.3 is 0 Å². The van der Waals surface area contributed by atoms with Crippen molar-refractivity contribution < 1.29 is 32.6 Å². The van der Waals surface area contributed by atoms with Crippen LogP contribution in [0.25, 0.3) is 22.2 Å². The second kappa shape index (κ2) is 12.3. The summed E-state index contributed by atoms with van der Waals surface area (Å²) in [6, 6.07) is 14.1. The van der Waals surface area contributed by atoms with Crippen molar-refractivity contribution in [3.63, 3.8) is 0 Å². The van der Waals surface area contributed by atoms with Crippen molar-refractivity contribution >= 4 is 34.3 Å². The van der Waals surface area contributed by atoms with Crippen LogP contribution in [0.5, 0.6) is 5.75 Å². The highest BCUT2D eigenvalue weighted by Crippen LogP contribution is 2.39. The van der Waals surface area contributed by atoms with E-state index in [1.807, 2.05) is 10.9 Å². The lowest BCUT2D eigenvalue weighted by atomic mass is 9.80. The van der Waals surface area contributed by atoms with E-state index in [0.29, 0.717) is 28.8 Å². The zero-order chi connectivity index (χ0) is 34.5. The number of fused-ring (bicyclic) bond motifs is 1. The van der Waals surface area contributed by atoms with E-state index >= 15 is 8.78 Å². The number of hydrogen-bond donors (Lipinski definition) is 3. The quantitative estimate of drug-likeness (QED) is 0.157. The van der Waals surface area contributed by atoms with E-state index in [1.165, 1.54) is 27.0 Å². The minimum Gasteiger partial charge on any atom is -0.494 e. The van der Waals surface area contributed by atoms with Gasteiger partial charge in [-0.15, -0.1) is 0 Å². The summed E-state index contributed by atoms with van der Waals surface area (Å²) in [7, 11) is 1.47. The van der Waals surface area contributed by atoms with E-state index in [4.69, 9.17) is 22.1 Å². The zero-order valence-electron chi connectivity index (χ0n) is 26.2. The number of benzene rings is 3. The number of nitrogens with one attached hydrogen (secondary N) is 1. The SMILES string of the molecule is COc1cc(C(=O)NC[C@@](O)(c2ccccc2)c2cc(C(C)(C)C(N)=O)c(F)c(-c3cc(Cl)c(F)cc3F)n2)cc2cn(C3CC3)nc12. The molecule has 1 aliphatic carbocycles. The number of rotatable bonds is 10. The van der Waals surface area contributed by atoms with Crippen molar-refractivity contribution in [2.45, 2.75) is 43.7 Å². The van der Waals surface area contributed by atoms with Crippen LogP contribution in [0.2, 0.25) is 5.02 Å². The third-order valence-corrected chi connectivity index (χ3v) is 8.98. The van der Waals surface area contributed by atoms with Gasteiger partial charge < -0.3 is 20.9 Å². The molecule has 0 aliphatic heterocycles. The molecule has 0 spiro atoms. The van der Waals surface area contributed by atoms with Gasteiger partial charge in [0.1, 0.15) is 34.2 Å². The molecular formula is C35H31ClF3N5O4. The van der Waals surface area contributed by atoms with Crippen LogP contribution in [0.3, 0.4) is 0 Å². The maximum Gasteiger partial charge on any atom is 0.251 e. The first-order chi connectivity index (χ1) is 22.7. The van der Waals surface area contributed by atoms with Crippen LogP contribution in [-0.2, 0) is 15.8 Å². The average Bonchev–Trinajstić information content (AvgIpc) is 3.83. The van der Waals surface area contributed by atoms with Crippen LogP contribution < -0.4 is 15.8 Å². The molecule has 6 rings (SSSR count). The third kappa shape index (κ3) is 5.86. The number of nitrogens with zero attached hydrogens (tertiary/aromatic N) is 3. The molecule has 3 aromatic carbocycles. The molecule has 9 nitrogen and oxygen atoms in total. The Bertz CT molecular complexity index is 2080. The summed E-state index contributed by atoms with van der Waals surface area (Å²) in [6.45, 7) is 2.21. The average molecular weight is 678 g/mol. The normalized spacial score (nSPS) is 14.5. The number of methoxy groups -OCH3 is 1. The monoisotopic (exact) mass is 677 g/mol. The van der Waals surface area contributed by atoms with Gasteiger partial charge in [0.05, 0.1) is 35.8 Å². The number of ether oxygens (including phenoxy) is 1. The number of primary amides is 1. The minimum absolute atomic E-state index is 0.219. The largest absolute Gasteiger partial charge is 0.494 e. The van der Waals surface area contributed by atoms with Crippen LogP contribution in [0.1, 0.15) is 59.9 Å². The van der Waals surface area contributed by atoms with Gasteiger partial charge in [-0.3, -0.25) is 14.3 Å². The Morgan fingerprint density at radius 2 is 1.79 bits per heavy atom. The van der Waals surface area contributed by atoms with E-state index < -0.39 is 63.1 Å². The maximum absolute atomic E-state index is 16.2. The molecule has 48 heavy (non-hydrogen) atoms. The molecule has 248 valence electrons. The molecule has 1 saturated carbocycles. The molecule has 0 unspecified atom stereocenters. The number of pyridine rings is 1. The number of halogens is 4. The fraction of sp³-hybridized carbons (Fsp3) is 0.257. The molecule has 2 heterocycles. The first-order valence-corrected chi connectivity index (χ1v) is 15.4. The second-order valence-electron chi connectivity index (χ2n) is 12.3. The maximum atomic E-state index is 16.2. The van der Waals surface area contributed by atoms with Gasteiger partial charge in [0.15, 0.2) is 5.82 Å². The molecule has 5 aromatic rings. The van der Waals surface area contributed by atoms with E-state index in [1.54, 1.807) is 36.4 Å². The van der Waals surface area contributed by atoms with Crippen molar-refractivity contribution in [1.29, 1.82) is 0 Å². The van der Waals surface area contributed by atoms with Crippen molar-refractivity contribution in [2.24, 2.45) is 5.73 Å². The fourth-order valence-corrected chi connectivity index (χ4v) is 5.67. The Kier molecular flexibility index (Phi) is 8.42. The number of aromatic nitrogens is 3. The Morgan fingerprint density at radius 3 is 2.44 bits per heavy atom. The minimum atomic E-state index is -2.17. The third-order valence-electron chi connectivity index (χ3n) is 8.69. The standard InChI is InChI=1S/C35H31ClF3N5O4/c1-34(2,33(40)46)23-14-28(42-31(29(23)39)22-13-24(36)26(38)15-25(22)37)35(47,20-7-5-4-6-8-20)17-41-32(45)18-11-19-16-44(21-9-10-21)43-30(19)27(12-18)48-3/h4-8,11-16,21,47H,9-10,17H2,1-3H3,(H2,40,46)(H,41,45)/t35-/m1/s1. The summed E-state index contributed by atoms with van der Waals surface area (Å²) in [5.74, 6) is -4.51. The summed E-state index contributed by atoms with van der Waals surface area (Å²) in [4.78, 5) is 30.5. The molecule has 1 aliphatic rings. The van der Waals surface area contributed by atoms with Gasteiger partial charge in [-0.05, 0) is 56.5 Å². The molecule has 0 radical (unpaired) electrons. The second-order valence-corrected chi connectivity index (χ2v) is 12.7. The van der Waals surface area contributed by atoms with E-state index in [-0.39, 0.29) is 22.4 Å². The van der Waals surface area contributed by atoms with Gasteiger partial charge in [-0.1, -0.05) is 41.9 Å². The molecule has 1 atom stereocenters. The van der Waals surface area contributed by atoms with Gasteiger partial charge in [-0.2, -0.15) is 5.10 Å². The molecule has 1 fully saturated rings. The van der Waals surface area contributed by atoms with Crippen molar-refractivity contribution in [3.05, 3.63) is 112 Å². The number of carbonyl (C=O) groups excluding carboxylic acids is 2. The first kappa shape index (κ1) is 33.0. The van der Waals surface area contributed by atoms with Gasteiger partial charge in [0, 0.05) is 34.3 Å². The summed E-state index contributed by atoms with van der Waals surface area (Å²) < 4.78 is 52.9. The Labute approximate surface area is 278 Å². The molecule has 0 saturated heterocycles. The van der Waals surface area contributed by atoms with Gasteiger partial charge in [-0.25, -0.2) is 18.2 Å². The van der Waals surface area contributed by atoms with Crippen LogP contribution in [0, 0.1) is 17.5 Å². The first-order valence-electron chi connectivity index (χ1n) is 15.0. The Balaban J connectivity index is 1.47. The zero-order valence-corrected chi connectivity index (χ0v) is 26.9. The van der Waals surface area contributed by atoms with Crippen LogP contribution in [-0.4, -0.2) is 45.3 Å².